The van der Waals surface area contributed by atoms with Crippen LogP contribution in [-0.4, -0.2) is 44.7 Å². The largest absolute Gasteiger partial charge is 0.351 e. The monoisotopic (exact) mass is 453 g/mol. The molecule has 0 saturated carbocycles. The molecule has 0 saturated heterocycles. The lowest BCUT2D eigenvalue weighted by Crippen LogP contribution is -2.36. The smallest absolute Gasteiger partial charge is 0.289 e. The maximum absolute atomic E-state index is 12.6. The summed E-state index contributed by atoms with van der Waals surface area (Å²) < 4.78 is 2.78. The third-order valence-electron chi connectivity index (χ3n) is 4.99. The van der Waals surface area contributed by atoms with E-state index in [0.717, 1.165) is 25.9 Å². The van der Waals surface area contributed by atoms with Crippen LogP contribution in [0.3, 0.4) is 0 Å². The number of fused-ring (bicyclic) bond motifs is 2. The molecule has 5 rings (SSSR count). The fraction of sp³-hybridized carbons (Fsp3) is 0.250. The quantitative estimate of drug-likeness (QED) is 0.414. The van der Waals surface area contributed by atoms with Gasteiger partial charge < -0.3 is 20.5 Å². The van der Waals surface area contributed by atoms with Crippen LogP contribution in [0.1, 0.15) is 31.7 Å². The van der Waals surface area contributed by atoms with Crippen molar-refractivity contribution >= 4 is 54.8 Å². The normalized spacial score (nSPS) is 13.1. The van der Waals surface area contributed by atoms with Gasteiger partial charge in [-0.2, -0.15) is 0 Å². The molecule has 0 fully saturated rings. The predicted octanol–water partition coefficient (Wildman–Crippen LogP) is 2.72. The summed E-state index contributed by atoms with van der Waals surface area (Å²) >= 11 is 2.90. The van der Waals surface area contributed by atoms with Gasteiger partial charge in [-0.1, -0.05) is 29.5 Å². The van der Waals surface area contributed by atoms with Crippen LogP contribution in [0.5, 0.6) is 0 Å². The molecule has 31 heavy (non-hydrogen) atoms. The molecule has 1 aromatic carbocycles. The Morgan fingerprint density at radius 3 is 2.97 bits per heavy atom. The lowest BCUT2D eigenvalue weighted by atomic mass is 10.2. The topological polar surface area (TPSA) is 114 Å². The molecule has 1 aliphatic heterocycles. The number of anilines is 2. The minimum Gasteiger partial charge on any atom is -0.351 e. The standard InChI is InChI=1S/C20H19N7O2S2/c1-11-4-2-3-5-12(11)23-20-24-19-14(31-20)10-13(30-19)17(28)21-7-6-15-25-26-16-18(29)22-8-9-27(15)16/h2-5,10H,6-9H2,1H3,(H,21,28)(H,22,29)(H,23,24). The van der Waals surface area contributed by atoms with E-state index in [4.69, 9.17) is 0 Å². The molecule has 0 spiro atoms. The first-order valence-corrected chi connectivity index (χ1v) is 11.4. The fourth-order valence-electron chi connectivity index (χ4n) is 3.39. The third-order valence-corrected chi connectivity index (χ3v) is 7.06. The van der Waals surface area contributed by atoms with Crippen LogP contribution in [0.4, 0.5) is 10.8 Å². The number of rotatable bonds is 6. The number of nitrogens with one attached hydrogen (secondary N) is 3. The van der Waals surface area contributed by atoms with Crippen molar-refractivity contribution in [3.63, 3.8) is 0 Å². The number of carbonyl (C=O) groups is 2. The Bertz CT molecular complexity index is 1260. The summed E-state index contributed by atoms with van der Waals surface area (Å²) in [6, 6.07) is 9.92. The highest BCUT2D eigenvalue weighted by atomic mass is 32.1. The molecule has 0 bridgehead atoms. The number of amides is 2. The Balaban J connectivity index is 1.21. The molecule has 9 nitrogen and oxygen atoms in total. The summed E-state index contributed by atoms with van der Waals surface area (Å²) in [4.78, 5) is 30.4. The van der Waals surface area contributed by atoms with Crippen LogP contribution < -0.4 is 16.0 Å². The molecule has 1 aliphatic rings. The van der Waals surface area contributed by atoms with E-state index in [2.05, 4.69) is 31.1 Å². The molecule has 0 aliphatic carbocycles. The maximum atomic E-state index is 12.6. The summed E-state index contributed by atoms with van der Waals surface area (Å²) in [5, 5.41) is 17.8. The Labute approximate surface area is 185 Å². The zero-order valence-electron chi connectivity index (χ0n) is 16.6. The second-order valence-corrected chi connectivity index (χ2v) is 9.15. The van der Waals surface area contributed by atoms with Gasteiger partial charge in [0, 0.05) is 31.7 Å². The minimum atomic E-state index is -0.212. The lowest BCUT2D eigenvalue weighted by molar-refractivity contribution is 0.0918. The number of nitrogens with zero attached hydrogens (tertiary/aromatic N) is 4. The van der Waals surface area contributed by atoms with Crippen molar-refractivity contribution in [1.82, 2.24) is 30.4 Å². The zero-order chi connectivity index (χ0) is 21.4. The number of hydrogen-bond acceptors (Lipinski definition) is 8. The third kappa shape index (κ3) is 3.89. The Morgan fingerprint density at radius 1 is 1.26 bits per heavy atom. The van der Waals surface area contributed by atoms with E-state index in [1.54, 1.807) is 4.57 Å². The highest BCUT2D eigenvalue weighted by molar-refractivity contribution is 7.29. The lowest BCUT2D eigenvalue weighted by Gasteiger charge is -2.15. The zero-order valence-corrected chi connectivity index (χ0v) is 18.3. The molecule has 4 aromatic rings. The number of hydrogen-bond donors (Lipinski definition) is 3. The molecule has 0 radical (unpaired) electrons. The number of para-hydroxylation sites is 1. The van der Waals surface area contributed by atoms with Crippen LogP contribution >= 0.6 is 22.7 Å². The minimum absolute atomic E-state index is 0.139. The van der Waals surface area contributed by atoms with E-state index in [0.29, 0.717) is 42.6 Å². The van der Waals surface area contributed by atoms with Crippen molar-refractivity contribution in [1.29, 1.82) is 0 Å². The van der Waals surface area contributed by atoms with Crippen LogP contribution in [0.15, 0.2) is 30.3 Å². The van der Waals surface area contributed by atoms with Gasteiger partial charge in [0.05, 0.1) is 9.58 Å². The Morgan fingerprint density at radius 2 is 2.13 bits per heavy atom. The van der Waals surface area contributed by atoms with Crippen molar-refractivity contribution < 1.29 is 9.59 Å². The van der Waals surface area contributed by atoms with Crippen LogP contribution in [0.2, 0.25) is 0 Å². The van der Waals surface area contributed by atoms with E-state index >= 15 is 0 Å². The van der Waals surface area contributed by atoms with E-state index in [9.17, 15) is 9.59 Å². The number of aromatic nitrogens is 4. The van der Waals surface area contributed by atoms with Gasteiger partial charge in [0.2, 0.25) is 5.82 Å². The highest BCUT2D eigenvalue weighted by Crippen LogP contribution is 2.34. The average Bonchev–Trinajstić information content (AvgIpc) is 3.44. The first-order valence-electron chi connectivity index (χ1n) is 9.80. The van der Waals surface area contributed by atoms with E-state index in [1.807, 2.05) is 37.3 Å². The van der Waals surface area contributed by atoms with Gasteiger partial charge in [0.15, 0.2) is 5.13 Å². The number of carbonyl (C=O) groups excluding carboxylic acids is 2. The van der Waals surface area contributed by atoms with Gasteiger partial charge in [-0.05, 0) is 24.6 Å². The van der Waals surface area contributed by atoms with Crippen molar-refractivity contribution in [3.8, 4) is 0 Å². The Hall–Kier alpha value is -3.31. The number of thiazole rings is 1. The van der Waals surface area contributed by atoms with Crippen molar-refractivity contribution in [2.75, 3.05) is 18.4 Å². The summed E-state index contributed by atoms with van der Waals surface area (Å²) in [6.45, 7) is 3.66. The molecule has 0 unspecified atom stereocenters. The molecule has 3 aromatic heterocycles. The number of aryl methyl sites for hydroxylation is 1. The van der Waals surface area contributed by atoms with Crippen molar-refractivity contribution in [2.24, 2.45) is 0 Å². The molecule has 3 N–H and O–H groups in total. The van der Waals surface area contributed by atoms with Gasteiger partial charge in [0.1, 0.15) is 10.7 Å². The summed E-state index contributed by atoms with van der Waals surface area (Å²) in [7, 11) is 0. The average molecular weight is 454 g/mol. The fourth-order valence-corrected chi connectivity index (χ4v) is 5.43. The maximum Gasteiger partial charge on any atom is 0.289 e. The molecule has 11 heteroatoms. The first kappa shape index (κ1) is 19.6. The molecular weight excluding hydrogens is 434 g/mol. The predicted molar refractivity (Wildman–Crippen MR) is 120 cm³/mol. The molecular formula is C20H19N7O2S2. The van der Waals surface area contributed by atoms with E-state index in [-0.39, 0.29) is 11.8 Å². The van der Waals surface area contributed by atoms with Gasteiger partial charge in [-0.3, -0.25) is 9.59 Å². The molecule has 2 amide bonds. The van der Waals surface area contributed by atoms with Gasteiger partial charge in [-0.25, -0.2) is 4.98 Å². The van der Waals surface area contributed by atoms with Crippen LogP contribution in [0, 0.1) is 6.92 Å². The Kier molecular flexibility index (Phi) is 5.12. The summed E-state index contributed by atoms with van der Waals surface area (Å²) in [5.41, 5.74) is 2.17. The highest BCUT2D eigenvalue weighted by Gasteiger charge is 2.22. The van der Waals surface area contributed by atoms with Gasteiger partial charge in [-0.15, -0.1) is 21.5 Å². The van der Waals surface area contributed by atoms with Crippen molar-refractivity contribution in [2.45, 2.75) is 19.9 Å². The summed E-state index contributed by atoms with van der Waals surface area (Å²) in [6.07, 6.45) is 0.508. The van der Waals surface area contributed by atoms with Crippen LogP contribution in [-0.2, 0) is 13.0 Å². The van der Waals surface area contributed by atoms with E-state index < -0.39 is 0 Å². The SMILES string of the molecule is Cc1ccccc1Nc1nc2sc(C(=O)NCCc3nnc4n3CCNC4=O)cc2s1. The van der Waals surface area contributed by atoms with E-state index in [1.165, 1.54) is 22.7 Å². The van der Waals surface area contributed by atoms with Gasteiger partial charge >= 0.3 is 0 Å². The van der Waals surface area contributed by atoms with Crippen molar-refractivity contribution in [3.05, 3.63) is 52.4 Å². The molecule has 0 atom stereocenters. The number of thiophene rings is 1. The summed E-state index contributed by atoms with van der Waals surface area (Å²) in [5.74, 6) is 0.675. The van der Waals surface area contributed by atoms with Crippen LogP contribution in [0.25, 0.3) is 9.53 Å². The first-order chi connectivity index (χ1) is 15.1. The second-order valence-electron chi connectivity index (χ2n) is 7.09. The second kappa shape index (κ2) is 8.08. The molecule has 158 valence electrons. The molecule has 4 heterocycles. The van der Waals surface area contributed by atoms with Gasteiger partial charge in [0.25, 0.3) is 11.8 Å². The number of benzene rings is 1.